The summed E-state index contributed by atoms with van der Waals surface area (Å²) in [6.45, 7) is 9.40. The van der Waals surface area contributed by atoms with Gasteiger partial charge in [-0.05, 0) is 25.3 Å². The zero-order chi connectivity index (χ0) is 9.11. The number of rotatable bonds is 5. The highest BCUT2D eigenvalue weighted by molar-refractivity contribution is 4.51. The predicted octanol–water partition coefficient (Wildman–Crippen LogP) is 3.19. The van der Waals surface area contributed by atoms with Crippen LogP contribution in [-0.4, -0.2) is 6.54 Å². The molecular formula is C10H25N. The minimum atomic E-state index is 0.855. The first kappa shape index (κ1) is 13.5. The van der Waals surface area contributed by atoms with E-state index in [-0.39, 0.29) is 0 Å². The number of nitrogens with two attached hydrogens (primary N) is 1. The second-order valence-electron chi connectivity index (χ2n) is 2.82. The molecule has 0 saturated carbocycles. The molecule has 0 aliphatic rings. The van der Waals surface area contributed by atoms with Crippen molar-refractivity contribution in [1.82, 2.24) is 0 Å². The maximum Gasteiger partial charge on any atom is -0.00772 e. The van der Waals surface area contributed by atoms with E-state index in [1.807, 2.05) is 13.8 Å². The first-order chi connectivity index (χ1) is 5.31. The van der Waals surface area contributed by atoms with Crippen molar-refractivity contribution in [3.63, 3.8) is 0 Å². The summed E-state index contributed by atoms with van der Waals surface area (Å²) in [4.78, 5) is 0. The van der Waals surface area contributed by atoms with Crippen molar-refractivity contribution in [2.45, 2.75) is 53.4 Å². The van der Waals surface area contributed by atoms with Crippen LogP contribution in [0.5, 0.6) is 0 Å². The van der Waals surface area contributed by atoms with Crippen LogP contribution in [0.4, 0.5) is 0 Å². The van der Waals surface area contributed by atoms with Crippen LogP contribution in [0.2, 0.25) is 0 Å². The summed E-state index contributed by atoms with van der Waals surface area (Å²) in [5.74, 6) is 0.888. The Kier molecular flexibility index (Phi) is 15.5. The van der Waals surface area contributed by atoms with E-state index in [2.05, 4.69) is 13.8 Å². The van der Waals surface area contributed by atoms with E-state index in [0.717, 1.165) is 12.5 Å². The molecule has 2 N–H and O–H groups in total. The molecule has 70 valence electrons. The van der Waals surface area contributed by atoms with Crippen LogP contribution in [0.15, 0.2) is 0 Å². The van der Waals surface area contributed by atoms with Crippen molar-refractivity contribution in [3.8, 4) is 0 Å². The zero-order valence-electron chi connectivity index (χ0n) is 8.69. The number of hydrogen-bond acceptors (Lipinski definition) is 1. The predicted molar refractivity (Wildman–Crippen MR) is 53.7 cm³/mol. The van der Waals surface area contributed by atoms with Gasteiger partial charge in [0.1, 0.15) is 0 Å². The van der Waals surface area contributed by atoms with Crippen LogP contribution >= 0.6 is 0 Å². The largest absolute Gasteiger partial charge is 0.330 e. The summed E-state index contributed by atoms with van der Waals surface area (Å²) in [6.07, 6.45) is 5.18. The van der Waals surface area contributed by atoms with Gasteiger partial charge in [0.25, 0.3) is 0 Å². The third-order valence-electron chi connectivity index (χ3n) is 1.68. The van der Waals surface area contributed by atoms with E-state index in [4.69, 9.17) is 5.73 Å². The Morgan fingerprint density at radius 1 is 1.18 bits per heavy atom. The molecule has 11 heavy (non-hydrogen) atoms. The summed E-state index contributed by atoms with van der Waals surface area (Å²) >= 11 is 0. The van der Waals surface area contributed by atoms with Gasteiger partial charge in [0.2, 0.25) is 0 Å². The minimum absolute atomic E-state index is 0.855. The van der Waals surface area contributed by atoms with Gasteiger partial charge in [-0.1, -0.05) is 40.5 Å². The fraction of sp³-hybridized carbons (Fsp3) is 1.00. The average molecular weight is 159 g/mol. The lowest BCUT2D eigenvalue weighted by Crippen LogP contribution is -2.02. The summed E-state index contributed by atoms with van der Waals surface area (Å²) in [6, 6.07) is 0. The molecule has 0 aliphatic carbocycles. The van der Waals surface area contributed by atoms with Gasteiger partial charge in [-0.25, -0.2) is 0 Å². The second kappa shape index (κ2) is 12.6. The van der Waals surface area contributed by atoms with E-state index in [1.54, 1.807) is 0 Å². The Bertz CT molecular complexity index is 52.8. The van der Waals surface area contributed by atoms with Gasteiger partial charge in [0, 0.05) is 0 Å². The smallest absolute Gasteiger partial charge is 0.00772 e. The van der Waals surface area contributed by atoms with Gasteiger partial charge in [0.05, 0.1) is 0 Å². The molecule has 0 saturated heterocycles. The highest BCUT2D eigenvalue weighted by Gasteiger charge is 1.97. The summed E-state index contributed by atoms with van der Waals surface area (Å²) in [5, 5.41) is 0. The van der Waals surface area contributed by atoms with Gasteiger partial charge in [-0.3, -0.25) is 0 Å². The third kappa shape index (κ3) is 13.0. The highest BCUT2D eigenvalue weighted by atomic mass is 14.5. The molecular weight excluding hydrogens is 134 g/mol. The molecule has 1 atom stereocenters. The first-order valence-electron chi connectivity index (χ1n) is 5.01. The molecule has 0 radical (unpaired) electrons. The molecule has 0 amide bonds. The molecule has 0 aliphatic heterocycles. The molecule has 0 bridgehead atoms. The first-order valence-corrected chi connectivity index (χ1v) is 5.01. The van der Waals surface area contributed by atoms with Crippen molar-refractivity contribution in [2.24, 2.45) is 11.7 Å². The van der Waals surface area contributed by atoms with Crippen molar-refractivity contribution in [1.29, 1.82) is 0 Å². The Hall–Kier alpha value is -0.0400. The Labute approximate surface area is 72.4 Å². The third-order valence-corrected chi connectivity index (χ3v) is 1.68. The number of hydrogen-bond donors (Lipinski definition) is 1. The fourth-order valence-electron chi connectivity index (χ4n) is 1.10. The lowest BCUT2D eigenvalue weighted by Gasteiger charge is -2.06. The average Bonchev–Trinajstić information content (AvgIpc) is 2.05. The molecule has 0 aromatic carbocycles. The van der Waals surface area contributed by atoms with E-state index in [1.165, 1.54) is 25.7 Å². The minimum Gasteiger partial charge on any atom is -0.330 e. The van der Waals surface area contributed by atoms with Crippen LogP contribution in [0.3, 0.4) is 0 Å². The summed E-state index contributed by atoms with van der Waals surface area (Å²) < 4.78 is 0. The molecule has 1 unspecified atom stereocenters. The molecule has 1 heteroatoms. The topological polar surface area (TPSA) is 26.0 Å². The van der Waals surface area contributed by atoms with Crippen LogP contribution in [0.1, 0.15) is 53.4 Å². The van der Waals surface area contributed by atoms with Gasteiger partial charge in [-0.2, -0.15) is 0 Å². The van der Waals surface area contributed by atoms with Gasteiger partial charge in [-0.15, -0.1) is 0 Å². The van der Waals surface area contributed by atoms with E-state index < -0.39 is 0 Å². The molecule has 0 aromatic heterocycles. The Morgan fingerprint density at radius 3 is 2.09 bits per heavy atom. The monoisotopic (exact) mass is 159 g/mol. The van der Waals surface area contributed by atoms with E-state index in [9.17, 15) is 0 Å². The van der Waals surface area contributed by atoms with Crippen molar-refractivity contribution < 1.29 is 0 Å². The van der Waals surface area contributed by atoms with Crippen molar-refractivity contribution in [2.75, 3.05) is 6.54 Å². The van der Waals surface area contributed by atoms with Crippen LogP contribution < -0.4 is 5.73 Å². The van der Waals surface area contributed by atoms with Gasteiger partial charge in [0.15, 0.2) is 0 Å². The molecule has 0 fully saturated rings. The molecule has 1 nitrogen and oxygen atoms in total. The van der Waals surface area contributed by atoms with E-state index in [0.29, 0.717) is 0 Å². The van der Waals surface area contributed by atoms with Gasteiger partial charge < -0.3 is 5.73 Å². The Morgan fingerprint density at radius 2 is 1.73 bits per heavy atom. The lowest BCUT2D eigenvalue weighted by molar-refractivity contribution is 0.473. The lowest BCUT2D eigenvalue weighted by atomic mass is 10.0. The molecule has 0 aromatic rings. The van der Waals surface area contributed by atoms with Gasteiger partial charge >= 0.3 is 0 Å². The van der Waals surface area contributed by atoms with E-state index >= 15 is 0 Å². The summed E-state index contributed by atoms with van der Waals surface area (Å²) in [5.41, 5.74) is 5.37. The summed E-state index contributed by atoms with van der Waals surface area (Å²) in [7, 11) is 0. The highest BCUT2D eigenvalue weighted by Crippen LogP contribution is 2.10. The van der Waals surface area contributed by atoms with Crippen molar-refractivity contribution in [3.05, 3.63) is 0 Å². The molecule has 0 heterocycles. The van der Waals surface area contributed by atoms with Crippen LogP contribution in [-0.2, 0) is 0 Å². The zero-order valence-corrected chi connectivity index (χ0v) is 8.69. The molecule has 0 rings (SSSR count). The van der Waals surface area contributed by atoms with Crippen molar-refractivity contribution >= 4 is 0 Å². The SMILES string of the molecule is CC.CCCC(C)CCCN. The van der Waals surface area contributed by atoms with Crippen LogP contribution in [0, 0.1) is 5.92 Å². The quantitative estimate of drug-likeness (QED) is 0.655. The second-order valence-corrected chi connectivity index (χ2v) is 2.82. The molecule has 0 spiro atoms. The maximum absolute atomic E-state index is 5.37. The normalized spacial score (nSPS) is 11.7. The fourth-order valence-corrected chi connectivity index (χ4v) is 1.10. The Balaban J connectivity index is 0. The standard InChI is InChI=1S/C8H19N.C2H6/c1-3-5-8(2)6-4-7-9;1-2/h8H,3-7,9H2,1-2H3;1-2H3. The van der Waals surface area contributed by atoms with Crippen LogP contribution in [0.25, 0.3) is 0 Å². The maximum atomic E-state index is 5.37.